The van der Waals surface area contributed by atoms with Crippen LogP contribution >= 0.6 is 15.9 Å². The molecule has 17 heavy (non-hydrogen) atoms. The number of rotatable bonds is 3. The van der Waals surface area contributed by atoms with Crippen LogP contribution in [-0.4, -0.2) is 25.8 Å². The molecular formula is C11H10BrN3O2. The van der Waals surface area contributed by atoms with Crippen LogP contribution in [0.2, 0.25) is 0 Å². The van der Waals surface area contributed by atoms with Crippen molar-refractivity contribution in [1.82, 2.24) is 14.8 Å². The van der Waals surface area contributed by atoms with Gasteiger partial charge in [-0.15, -0.1) is 0 Å². The molecule has 2 rings (SSSR count). The van der Waals surface area contributed by atoms with Crippen molar-refractivity contribution >= 4 is 21.9 Å². The molecular weight excluding hydrogens is 286 g/mol. The lowest BCUT2D eigenvalue weighted by Gasteiger charge is -2.05. The highest BCUT2D eigenvalue weighted by molar-refractivity contribution is 9.10. The zero-order valence-electron chi connectivity index (χ0n) is 9.09. The van der Waals surface area contributed by atoms with Gasteiger partial charge in [0.05, 0.1) is 16.2 Å². The monoisotopic (exact) mass is 295 g/mol. The summed E-state index contributed by atoms with van der Waals surface area (Å²) in [4.78, 5) is 15.3. The van der Waals surface area contributed by atoms with Gasteiger partial charge >= 0.3 is 5.97 Å². The van der Waals surface area contributed by atoms with Gasteiger partial charge in [0.25, 0.3) is 0 Å². The number of aromatic nitrogens is 3. The average molecular weight is 296 g/mol. The maximum absolute atomic E-state index is 11.0. The van der Waals surface area contributed by atoms with Crippen molar-refractivity contribution in [2.24, 2.45) is 0 Å². The van der Waals surface area contributed by atoms with Gasteiger partial charge in [-0.25, -0.2) is 14.5 Å². The molecule has 1 N–H and O–H groups in total. The van der Waals surface area contributed by atoms with E-state index in [-0.39, 0.29) is 5.56 Å². The van der Waals surface area contributed by atoms with E-state index in [1.54, 1.807) is 18.5 Å². The molecule has 0 aromatic carbocycles. The fourth-order valence-electron chi connectivity index (χ4n) is 1.42. The number of aromatic carboxylic acids is 1. The highest BCUT2D eigenvalue weighted by Gasteiger charge is 2.09. The topological polar surface area (TPSA) is 68.0 Å². The van der Waals surface area contributed by atoms with Crippen molar-refractivity contribution in [3.05, 3.63) is 40.3 Å². The normalized spacial score (nSPS) is 10.5. The number of nitrogens with zero attached hydrogens (tertiary/aromatic N) is 3. The second-order valence-corrected chi connectivity index (χ2v) is 4.38. The first-order chi connectivity index (χ1) is 8.10. The Bertz CT molecular complexity index is 566. The molecule has 0 radical (unpaired) electrons. The maximum Gasteiger partial charge on any atom is 0.335 e. The Kier molecular flexibility index (Phi) is 3.23. The smallest absolute Gasteiger partial charge is 0.335 e. The SMILES string of the molecule is CCc1cc(C(=O)O)cc(-n2cc(Br)cn2)n1. The summed E-state index contributed by atoms with van der Waals surface area (Å²) >= 11 is 3.29. The van der Waals surface area contributed by atoms with E-state index >= 15 is 0 Å². The lowest BCUT2D eigenvalue weighted by Crippen LogP contribution is -2.05. The largest absolute Gasteiger partial charge is 0.478 e. The summed E-state index contributed by atoms with van der Waals surface area (Å²) in [5.74, 6) is -0.456. The Morgan fingerprint density at radius 1 is 1.53 bits per heavy atom. The van der Waals surface area contributed by atoms with Gasteiger partial charge in [0.2, 0.25) is 0 Å². The second kappa shape index (κ2) is 4.67. The van der Waals surface area contributed by atoms with E-state index in [9.17, 15) is 4.79 Å². The summed E-state index contributed by atoms with van der Waals surface area (Å²) in [5.41, 5.74) is 0.949. The van der Waals surface area contributed by atoms with Gasteiger partial charge < -0.3 is 5.11 Å². The first kappa shape index (κ1) is 11.8. The molecule has 0 amide bonds. The summed E-state index contributed by atoms with van der Waals surface area (Å²) in [6, 6.07) is 3.07. The van der Waals surface area contributed by atoms with E-state index in [2.05, 4.69) is 26.0 Å². The van der Waals surface area contributed by atoms with Crippen LogP contribution in [0.1, 0.15) is 23.0 Å². The first-order valence-electron chi connectivity index (χ1n) is 5.05. The van der Waals surface area contributed by atoms with Crippen molar-refractivity contribution in [3.63, 3.8) is 0 Å². The molecule has 0 spiro atoms. The molecule has 0 fully saturated rings. The third-order valence-electron chi connectivity index (χ3n) is 2.26. The highest BCUT2D eigenvalue weighted by Crippen LogP contribution is 2.14. The second-order valence-electron chi connectivity index (χ2n) is 3.47. The summed E-state index contributed by atoms with van der Waals surface area (Å²) in [6.45, 7) is 1.93. The van der Waals surface area contributed by atoms with Crippen LogP contribution in [-0.2, 0) is 6.42 Å². The molecule has 2 heterocycles. The number of carboxylic acids is 1. The molecule has 0 aliphatic heterocycles. The average Bonchev–Trinajstić information content (AvgIpc) is 2.75. The Morgan fingerprint density at radius 2 is 2.29 bits per heavy atom. The maximum atomic E-state index is 11.0. The van der Waals surface area contributed by atoms with Crippen molar-refractivity contribution in [2.45, 2.75) is 13.3 Å². The Balaban J connectivity index is 2.53. The summed E-state index contributed by atoms with van der Waals surface area (Å²) in [7, 11) is 0. The molecule has 88 valence electrons. The van der Waals surface area contributed by atoms with Crippen molar-refractivity contribution in [1.29, 1.82) is 0 Å². The van der Waals surface area contributed by atoms with E-state index in [0.717, 1.165) is 10.2 Å². The Morgan fingerprint density at radius 3 is 2.82 bits per heavy atom. The van der Waals surface area contributed by atoms with E-state index < -0.39 is 5.97 Å². The predicted octanol–water partition coefficient (Wildman–Crippen LogP) is 2.29. The zero-order chi connectivity index (χ0) is 12.4. The van der Waals surface area contributed by atoms with Crippen LogP contribution in [0, 0.1) is 0 Å². The van der Waals surface area contributed by atoms with Gasteiger partial charge in [0.1, 0.15) is 0 Å². The van der Waals surface area contributed by atoms with Crippen LogP contribution in [0.25, 0.3) is 5.82 Å². The van der Waals surface area contributed by atoms with Gasteiger partial charge in [-0.2, -0.15) is 5.10 Å². The minimum atomic E-state index is -0.963. The molecule has 2 aromatic heterocycles. The van der Waals surface area contributed by atoms with E-state index in [1.165, 1.54) is 10.7 Å². The third kappa shape index (κ3) is 2.52. The van der Waals surface area contributed by atoms with Crippen LogP contribution in [0.15, 0.2) is 29.0 Å². The molecule has 0 saturated heterocycles. The molecule has 6 heteroatoms. The quantitative estimate of drug-likeness (QED) is 0.943. The molecule has 0 unspecified atom stereocenters. The summed E-state index contributed by atoms with van der Waals surface area (Å²) < 4.78 is 2.36. The van der Waals surface area contributed by atoms with Crippen LogP contribution in [0.4, 0.5) is 0 Å². The summed E-state index contributed by atoms with van der Waals surface area (Å²) in [6.07, 6.45) is 4.03. The molecule has 5 nitrogen and oxygen atoms in total. The van der Waals surface area contributed by atoms with E-state index in [4.69, 9.17) is 5.11 Å². The van der Waals surface area contributed by atoms with Crippen LogP contribution in [0.5, 0.6) is 0 Å². The number of hydrogen-bond donors (Lipinski definition) is 1. The lowest BCUT2D eigenvalue weighted by atomic mass is 10.2. The van der Waals surface area contributed by atoms with Crippen molar-refractivity contribution in [3.8, 4) is 5.82 Å². The van der Waals surface area contributed by atoms with Gasteiger partial charge in [0.15, 0.2) is 5.82 Å². The van der Waals surface area contributed by atoms with Gasteiger partial charge in [-0.05, 0) is 34.5 Å². The number of aryl methyl sites for hydroxylation is 1. The number of carbonyl (C=O) groups is 1. The van der Waals surface area contributed by atoms with Crippen LogP contribution < -0.4 is 0 Å². The van der Waals surface area contributed by atoms with Gasteiger partial charge in [-0.3, -0.25) is 0 Å². The standard InChI is InChI=1S/C11H10BrN3O2/c1-2-9-3-7(11(16)17)4-10(14-9)15-6-8(12)5-13-15/h3-6H,2H2,1H3,(H,16,17). The molecule has 2 aromatic rings. The number of hydrogen-bond acceptors (Lipinski definition) is 3. The van der Waals surface area contributed by atoms with E-state index in [1.807, 2.05) is 6.92 Å². The fraction of sp³-hybridized carbons (Fsp3) is 0.182. The number of carboxylic acid groups (broad SMARTS) is 1. The minimum absolute atomic E-state index is 0.221. The highest BCUT2D eigenvalue weighted by atomic mass is 79.9. The number of halogens is 1. The molecule has 0 aliphatic rings. The number of pyridine rings is 1. The third-order valence-corrected chi connectivity index (χ3v) is 2.67. The molecule has 0 saturated carbocycles. The molecule has 0 bridgehead atoms. The fourth-order valence-corrected chi connectivity index (χ4v) is 1.71. The molecule has 0 atom stereocenters. The van der Waals surface area contributed by atoms with Gasteiger partial charge in [-0.1, -0.05) is 6.92 Å². The van der Waals surface area contributed by atoms with Gasteiger partial charge in [0, 0.05) is 11.9 Å². The van der Waals surface area contributed by atoms with E-state index in [0.29, 0.717) is 12.2 Å². The first-order valence-corrected chi connectivity index (χ1v) is 5.84. The Hall–Kier alpha value is -1.69. The minimum Gasteiger partial charge on any atom is -0.478 e. The summed E-state index contributed by atoms with van der Waals surface area (Å²) in [5, 5.41) is 13.1. The van der Waals surface area contributed by atoms with Crippen molar-refractivity contribution < 1.29 is 9.90 Å². The molecule has 0 aliphatic carbocycles. The zero-order valence-corrected chi connectivity index (χ0v) is 10.7. The lowest BCUT2D eigenvalue weighted by molar-refractivity contribution is 0.0696. The van der Waals surface area contributed by atoms with Crippen molar-refractivity contribution in [2.75, 3.05) is 0 Å². The Labute approximate surface area is 106 Å². The van der Waals surface area contributed by atoms with Crippen LogP contribution in [0.3, 0.4) is 0 Å². The predicted molar refractivity (Wildman–Crippen MR) is 65.4 cm³/mol.